The van der Waals surface area contributed by atoms with Gasteiger partial charge in [0, 0.05) is 19.5 Å². The van der Waals surface area contributed by atoms with Crippen LogP contribution in [0.2, 0.25) is 0 Å². The lowest BCUT2D eigenvalue weighted by atomic mass is 10.0. The molecule has 1 heterocycles. The monoisotopic (exact) mass is 280 g/mol. The zero-order valence-electron chi connectivity index (χ0n) is 11.4. The van der Waals surface area contributed by atoms with Crippen molar-refractivity contribution in [2.24, 2.45) is 0 Å². The van der Waals surface area contributed by atoms with Gasteiger partial charge in [-0.25, -0.2) is 0 Å². The normalized spacial score (nSPS) is 20.9. The van der Waals surface area contributed by atoms with Crippen LogP contribution in [0.1, 0.15) is 45.4 Å². The minimum absolute atomic E-state index is 0.0479. The maximum Gasteiger partial charge on any atom is 0.389 e. The van der Waals surface area contributed by atoms with E-state index < -0.39 is 12.6 Å². The number of piperidine rings is 1. The Balaban J connectivity index is 2.27. The van der Waals surface area contributed by atoms with Crippen LogP contribution in [0.4, 0.5) is 13.2 Å². The Labute approximate surface area is 112 Å². The molecule has 1 fully saturated rings. The first-order chi connectivity index (χ1) is 8.94. The van der Waals surface area contributed by atoms with Crippen molar-refractivity contribution in [1.29, 1.82) is 0 Å². The number of hydrogen-bond acceptors (Lipinski definition) is 2. The molecule has 1 saturated heterocycles. The van der Waals surface area contributed by atoms with Crippen LogP contribution in [0.15, 0.2) is 0 Å². The number of amides is 1. The molecule has 112 valence electrons. The van der Waals surface area contributed by atoms with Crippen molar-refractivity contribution in [2.75, 3.05) is 19.6 Å². The molecule has 6 heteroatoms. The van der Waals surface area contributed by atoms with E-state index in [4.69, 9.17) is 0 Å². The highest BCUT2D eigenvalue weighted by molar-refractivity contribution is 5.82. The summed E-state index contributed by atoms with van der Waals surface area (Å²) in [6.45, 7) is 3.96. The Morgan fingerprint density at radius 2 is 2.11 bits per heavy atom. The fourth-order valence-electron chi connectivity index (χ4n) is 2.30. The molecule has 1 N–H and O–H groups in total. The van der Waals surface area contributed by atoms with Crippen molar-refractivity contribution >= 4 is 5.91 Å². The zero-order valence-corrected chi connectivity index (χ0v) is 11.4. The molecule has 1 aliphatic heterocycles. The summed E-state index contributed by atoms with van der Waals surface area (Å²) in [6.07, 6.45) is -1.60. The summed E-state index contributed by atoms with van der Waals surface area (Å²) in [5, 5.41) is 3.19. The first-order valence-electron chi connectivity index (χ1n) is 7.03. The predicted molar refractivity (Wildman–Crippen MR) is 67.8 cm³/mol. The van der Waals surface area contributed by atoms with Gasteiger partial charge in [0.2, 0.25) is 5.91 Å². The van der Waals surface area contributed by atoms with E-state index in [0.717, 1.165) is 25.8 Å². The average molecular weight is 280 g/mol. The molecule has 3 nitrogen and oxygen atoms in total. The van der Waals surface area contributed by atoms with Crippen molar-refractivity contribution in [1.82, 2.24) is 10.2 Å². The average Bonchev–Trinajstić information content (AvgIpc) is 2.33. The zero-order chi connectivity index (χ0) is 14.3. The third-order valence-corrected chi connectivity index (χ3v) is 3.31. The van der Waals surface area contributed by atoms with Gasteiger partial charge in [0.05, 0.1) is 6.04 Å². The predicted octanol–water partition coefficient (Wildman–Crippen LogP) is 2.71. The summed E-state index contributed by atoms with van der Waals surface area (Å²) in [4.78, 5) is 13.8. The highest BCUT2D eigenvalue weighted by Gasteiger charge is 2.29. The van der Waals surface area contributed by atoms with Gasteiger partial charge in [0.25, 0.3) is 0 Å². The van der Waals surface area contributed by atoms with Crippen LogP contribution in [-0.2, 0) is 4.79 Å². The van der Waals surface area contributed by atoms with E-state index in [-0.39, 0.29) is 18.4 Å². The molecule has 1 aliphatic rings. The second kappa shape index (κ2) is 7.72. The van der Waals surface area contributed by atoms with Gasteiger partial charge in [0.1, 0.15) is 0 Å². The van der Waals surface area contributed by atoms with E-state index in [1.807, 2.05) is 6.92 Å². The van der Waals surface area contributed by atoms with E-state index >= 15 is 0 Å². The third-order valence-electron chi connectivity index (χ3n) is 3.31. The lowest BCUT2D eigenvalue weighted by Crippen LogP contribution is -2.51. The van der Waals surface area contributed by atoms with E-state index in [1.165, 1.54) is 0 Å². The second-order valence-electron chi connectivity index (χ2n) is 5.05. The van der Waals surface area contributed by atoms with Crippen LogP contribution in [0.3, 0.4) is 0 Å². The van der Waals surface area contributed by atoms with Gasteiger partial charge < -0.3 is 10.2 Å². The molecular formula is C13H23F3N2O. The SMILES string of the molecule is CCCNC1CCCN(CCCCC(F)(F)F)C1=O. The minimum Gasteiger partial charge on any atom is -0.341 e. The van der Waals surface area contributed by atoms with Gasteiger partial charge >= 0.3 is 6.18 Å². The summed E-state index contributed by atoms with van der Waals surface area (Å²) in [5.41, 5.74) is 0. The molecule has 0 aromatic rings. The van der Waals surface area contributed by atoms with Crippen molar-refractivity contribution in [2.45, 2.75) is 57.7 Å². The largest absolute Gasteiger partial charge is 0.389 e. The lowest BCUT2D eigenvalue weighted by Gasteiger charge is -2.32. The van der Waals surface area contributed by atoms with Crippen LogP contribution >= 0.6 is 0 Å². The van der Waals surface area contributed by atoms with Crippen molar-refractivity contribution in [3.8, 4) is 0 Å². The van der Waals surface area contributed by atoms with E-state index in [9.17, 15) is 18.0 Å². The van der Waals surface area contributed by atoms with Crippen molar-refractivity contribution < 1.29 is 18.0 Å². The Morgan fingerprint density at radius 3 is 2.74 bits per heavy atom. The van der Waals surface area contributed by atoms with E-state index in [1.54, 1.807) is 4.90 Å². The summed E-state index contributed by atoms with van der Waals surface area (Å²) < 4.78 is 36.0. The number of likely N-dealkylation sites (tertiary alicyclic amines) is 1. The second-order valence-corrected chi connectivity index (χ2v) is 5.05. The molecule has 0 aromatic carbocycles. The fourth-order valence-corrected chi connectivity index (χ4v) is 2.30. The molecular weight excluding hydrogens is 257 g/mol. The maximum absolute atomic E-state index is 12.1. The molecule has 0 spiro atoms. The highest BCUT2D eigenvalue weighted by Crippen LogP contribution is 2.22. The van der Waals surface area contributed by atoms with Gasteiger partial charge in [-0.1, -0.05) is 6.92 Å². The Hall–Kier alpha value is -0.780. The quantitative estimate of drug-likeness (QED) is 0.727. The van der Waals surface area contributed by atoms with Crippen LogP contribution in [0.25, 0.3) is 0 Å². The van der Waals surface area contributed by atoms with Crippen LogP contribution in [0, 0.1) is 0 Å². The number of nitrogens with zero attached hydrogens (tertiary/aromatic N) is 1. The molecule has 1 amide bonds. The number of halogens is 3. The molecule has 0 aliphatic carbocycles. The van der Waals surface area contributed by atoms with Gasteiger partial charge in [-0.3, -0.25) is 4.79 Å². The summed E-state index contributed by atoms with van der Waals surface area (Å²) >= 11 is 0. The smallest absolute Gasteiger partial charge is 0.341 e. The van der Waals surface area contributed by atoms with Gasteiger partial charge in [0.15, 0.2) is 0 Å². The minimum atomic E-state index is -4.09. The summed E-state index contributed by atoms with van der Waals surface area (Å²) in [5.74, 6) is 0.0479. The molecule has 0 radical (unpaired) electrons. The van der Waals surface area contributed by atoms with Crippen LogP contribution in [0.5, 0.6) is 0 Å². The van der Waals surface area contributed by atoms with Crippen molar-refractivity contribution in [3.63, 3.8) is 0 Å². The van der Waals surface area contributed by atoms with Gasteiger partial charge in [-0.2, -0.15) is 13.2 Å². The van der Waals surface area contributed by atoms with Crippen LogP contribution in [-0.4, -0.2) is 42.7 Å². The molecule has 0 saturated carbocycles. The van der Waals surface area contributed by atoms with Gasteiger partial charge in [-0.05, 0) is 38.6 Å². The summed E-state index contributed by atoms with van der Waals surface area (Å²) in [6, 6.07) is -0.142. The van der Waals surface area contributed by atoms with Gasteiger partial charge in [-0.15, -0.1) is 0 Å². The Bertz CT molecular complexity index is 282. The van der Waals surface area contributed by atoms with Crippen molar-refractivity contribution in [3.05, 3.63) is 0 Å². The highest BCUT2D eigenvalue weighted by atomic mass is 19.4. The number of carbonyl (C=O) groups excluding carboxylic acids is 1. The molecule has 19 heavy (non-hydrogen) atoms. The molecule has 1 unspecified atom stereocenters. The summed E-state index contributed by atoms with van der Waals surface area (Å²) in [7, 11) is 0. The first-order valence-corrected chi connectivity index (χ1v) is 7.03. The number of rotatable bonds is 7. The number of unbranched alkanes of at least 4 members (excludes halogenated alkanes) is 1. The number of alkyl halides is 3. The number of nitrogens with one attached hydrogen (secondary N) is 1. The topological polar surface area (TPSA) is 32.3 Å². The third kappa shape index (κ3) is 6.27. The first kappa shape index (κ1) is 16.3. The van der Waals surface area contributed by atoms with E-state index in [2.05, 4.69) is 5.32 Å². The molecule has 0 bridgehead atoms. The lowest BCUT2D eigenvalue weighted by molar-refractivity contribution is -0.137. The molecule has 0 aromatic heterocycles. The Morgan fingerprint density at radius 1 is 1.37 bits per heavy atom. The number of hydrogen-bond donors (Lipinski definition) is 1. The maximum atomic E-state index is 12.1. The fraction of sp³-hybridized carbons (Fsp3) is 0.923. The molecule has 1 rings (SSSR count). The molecule has 1 atom stereocenters. The van der Waals surface area contributed by atoms with Crippen LogP contribution < -0.4 is 5.32 Å². The standard InChI is InChI=1S/C13H23F3N2O/c1-2-8-17-11-6-5-10-18(12(11)19)9-4-3-7-13(14,15)16/h11,17H,2-10H2,1H3. The Kier molecular flexibility index (Phi) is 6.62. The van der Waals surface area contributed by atoms with E-state index in [0.29, 0.717) is 19.5 Å². The number of carbonyl (C=O) groups is 1.